The van der Waals surface area contributed by atoms with E-state index in [4.69, 9.17) is 0 Å². The van der Waals surface area contributed by atoms with Crippen LogP contribution < -0.4 is 0 Å². The molecule has 531 valence electrons. The molecule has 0 aliphatic rings. The van der Waals surface area contributed by atoms with E-state index in [0.717, 1.165) is 0 Å². The summed E-state index contributed by atoms with van der Waals surface area (Å²) in [5.74, 6) is 0. The van der Waals surface area contributed by atoms with Gasteiger partial charge in [0.2, 0.25) is 0 Å². The summed E-state index contributed by atoms with van der Waals surface area (Å²) in [5.41, 5.74) is 1.35. The van der Waals surface area contributed by atoms with Crippen molar-refractivity contribution in [1.82, 2.24) is 0 Å². The van der Waals surface area contributed by atoms with Crippen molar-refractivity contribution < 1.29 is 0 Å². The van der Waals surface area contributed by atoms with Gasteiger partial charge in [-0.2, -0.15) is 0 Å². The summed E-state index contributed by atoms with van der Waals surface area (Å²) in [6, 6.07) is 0. The van der Waals surface area contributed by atoms with E-state index in [1.165, 1.54) is 481 Å². The molecular weight excluding hydrogens is 1080 g/mol. The quantitative estimate of drug-likeness (QED) is 0.0323. The van der Waals surface area contributed by atoms with Gasteiger partial charge in [0, 0.05) is 5.41 Å². The zero-order chi connectivity index (χ0) is 64.8. The summed E-state index contributed by atoms with van der Waals surface area (Å²) in [7, 11) is 0. The van der Waals surface area contributed by atoms with Gasteiger partial charge in [0.15, 0.2) is 0 Å². The molecule has 0 aromatic carbocycles. The highest BCUT2D eigenvalue weighted by Gasteiger charge is 2.27. The molecule has 90 heavy (non-hydrogen) atoms. The second-order valence-corrected chi connectivity index (χ2v) is 29.7. The number of hydrogen-bond acceptors (Lipinski definition) is 0. The molecule has 0 spiro atoms. The molecule has 0 heterocycles. The standard InChI is InChI=1S/C90H171/c1-6-11-16-21-26-31-36-40-44-48-50-54-58-63-68-73-78-83-88-90(86-81-76-71-66-61-35-30-25-20-15-10-5,87-82-77-72-67-62-57-53-49-45-41-37-32-27-22-17-12-7-2)89(84-79-74-69-64-59-55-51-46-42-38-33-28-23-18-13-8-3)85-80-75-70-65-60-56-52-47-43-39-34-29-24-19-14-9-4/h74,79-80,82-83,85,87-88H,6-73,75-78,81,86H2,1-5H3. The number of hydrogen-bond donors (Lipinski definition) is 0. The molecule has 1 unspecified atom stereocenters. The van der Waals surface area contributed by atoms with Gasteiger partial charge >= 0.3 is 0 Å². The van der Waals surface area contributed by atoms with Crippen molar-refractivity contribution in [2.75, 3.05) is 0 Å². The van der Waals surface area contributed by atoms with E-state index in [-0.39, 0.29) is 5.41 Å². The lowest BCUT2D eigenvalue weighted by Gasteiger charge is -2.30. The number of unbranched alkanes of at least 4 members (excludes halogenated alkanes) is 68. The molecule has 1 radical (unpaired) electrons. The summed E-state index contributed by atoms with van der Waals surface area (Å²) >= 11 is 0. The first-order valence-corrected chi connectivity index (χ1v) is 43.0. The van der Waals surface area contributed by atoms with Crippen molar-refractivity contribution in [3.63, 3.8) is 0 Å². The van der Waals surface area contributed by atoms with Gasteiger partial charge in [0.25, 0.3) is 0 Å². The highest BCUT2D eigenvalue weighted by molar-refractivity contribution is 5.37. The van der Waals surface area contributed by atoms with Crippen molar-refractivity contribution in [2.45, 2.75) is 510 Å². The Labute approximate surface area is 572 Å². The Kier molecular flexibility index (Phi) is 79.0. The molecule has 0 N–H and O–H groups in total. The van der Waals surface area contributed by atoms with Crippen LogP contribution in [0.2, 0.25) is 0 Å². The highest BCUT2D eigenvalue weighted by Crippen LogP contribution is 2.39. The summed E-state index contributed by atoms with van der Waals surface area (Å²) < 4.78 is 0. The van der Waals surface area contributed by atoms with Gasteiger partial charge < -0.3 is 0 Å². The Morgan fingerprint density at radius 3 is 0.600 bits per heavy atom. The summed E-state index contributed by atoms with van der Waals surface area (Å²) in [6.45, 7) is 11.7. The third-order valence-corrected chi connectivity index (χ3v) is 20.6. The summed E-state index contributed by atoms with van der Waals surface area (Å²) in [6.07, 6.45) is 129. The fourth-order valence-electron chi connectivity index (χ4n) is 14.2. The molecule has 0 saturated carbocycles. The predicted molar refractivity (Wildman–Crippen MR) is 416 cm³/mol. The van der Waals surface area contributed by atoms with Crippen LogP contribution in [0, 0.1) is 11.5 Å². The average Bonchev–Trinajstić information content (AvgIpc) is 2.44. The lowest BCUT2D eigenvalue weighted by atomic mass is 9.74. The third-order valence-electron chi connectivity index (χ3n) is 20.6. The van der Waals surface area contributed by atoms with E-state index < -0.39 is 0 Å². The monoisotopic (exact) mass is 1250 g/mol. The van der Waals surface area contributed by atoms with E-state index in [1.807, 2.05) is 0 Å². The molecule has 0 rings (SSSR count). The molecular formula is C90H171. The molecule has 1 atom stereocenters. The zero-order valence-electron chi connectivity index (χ0n) is 63.4. The van der Waals surface area contributed by atoms with E-state index in [0.29, 0.717) is 0 Å². The van der Waals surface area contributed by atoms with E-state index in [1.54, 1.807) is 0 Å². The van der Waals surface area contributed by atoms with Crippen LogP contribution >= 0.6 is 0 Å². The van der Waals surface area contributed by atoms with Gasteiger partial charge in [-0.1, -0.05) is 501 Å². The Hall–Kier alpha value is -1.30. The molecule has 0 fully saturated rings. The Morgan fingerprint density at radius 2 is 0.378 bits per heavy atom. The maximum Gasteiger partial charge on any atom is 0.0318 e. The average molecular weight is 1250 g/mol. The fourth-order valence-corrected chi connectivity index (χ4v) is 14.2. The molecule has 0 aromatic heterocycles. The highest BCUT2D eigenvalue weighted by atomic mass is 14.3. The van der Waals surface area contributed by atoms with Gasteiger partial charge in [-0.15, -0.1) is 0 Å². The maximum absolute atomic E-state index is 4.11. The van der Waals surface area contributed by atoms with Crippen LogP contribution in [0.25, 0.3) is 0 Å². The lowest BCUT2D eigenvalue weighted by molar-refractivity contribution is 0.476. The molecule has 0 nitrogen and oxygen atoms in total. The molecule has 0 aliphatic carbocycles. The van der Waals surface area contributed by atoms with Gasteiger partial charge in [0.1, 0.15) is 0 Å². The molecule has 0 amide bonds. The SMILES string of the molecule is CCCCCCCCCCCCCCCC=C/[C]=C(/C=CCCCCCCCCCCCCCCCC)C(C=CCCCCCCCCCCCCCCCCC)(C=CCCCCCCCCCCCCCCCCCC)CCCCCCCCCCCCC. The first-order valence-electron chi connectivity index (χ1n) is 43.0. The minimum Gasteiger partial charge on any atom is -0.0873 e. The van der Waals surface area contributed by atoms with E-state index >= 15 is 0 Å². The topological polar surface area (TPSA) is 0 Å². The van der Waals surface area contributed by atoms with Crippen molar-refractivity contribution >= 4 is 0 Å². The molecule has 0 saturated heterocycles. The number of rotatable bonds is 79. The van der Waals surface area contributed by atoms with Gasteiger partial charge in [-0.05, 0) is 69.4 Å². The van der Waals surface area contributed by atoms with Crippen molar-refractivity contribution in [1.29, 1.82) is 0 Å². The normalized spacial score (nSPS) is 13.1. The molecule has 0 aliphatic heterocycles. The largest absolute Gasteiger partial charge is 0.0873 e. The third kappa shape index (κ3) is 69.5. The van der Waals surface area contributed by atoms with E-state index in [9.17, 15) is 0 Å². The zero-order valence-corrected chi connectivity index (χ0v) is 63.4. The molecule has 0 aromatic rings. The smallest absolute Gasteiger partial charge is 0.0318 e. The minimum absolute atomic E-state index is 0.0876. The molecule has 0 bridgehead atoms. The van der Waals surface area contributed by atoms with Crippen molar-refractivity contribution in [2.24, 2.45) is 5.41 Å². The predicted octanol–water partition coefficient (Wildman–Crippen LogP) is 33.9. The lowest BCUT2D eigenvalue weighted by Crippen LogP contribution is -2.18. The van der Waals surface area contributed by atoms with Gasteiger partial charge in [-0.25, -0.2) is 0 Å². The van der Waals surface area contributed by atoms with Crippen LogP contribution in [-0.4, -0.2) is 0 Å². The Balaban J connectivity index is 6.18. The first kappa shape index (κ1) is 88.7. The second-order valence-electron chi connectivity index (χ2n) is 29.7. The maximum atomic E-state index is 4.11. The van der Waals surface area contributed by atoms with Crippen LogP contribution in [0.5, 0.6) is 0 Å². The van der Waals surface area contributed by atoms with E-state index in [2.05, 4.69) is 89.3 Å². The van der Waals surface area contributed by atoms with Crippen LogP contribution in [0.1, 0.15) is 510 Å². The first-order chi connectivity index (χ1) is 44.7. The summed E-state index contributed by atoms with van der Waals surface area (Å²) in [4.78, 5) is 0. The minimum atomic E-state index is -0.0876. The Bertz CT molecular complexity index is 1440. The van der Waals surface area contributed by atoms with Gasteiger partial charge in [-0.3, -0.25) is 0 Å². The number of allylic oxidation sites excluding steroid dienone is 10. The van der Waals surface area contributed by atoms with Crippen LogP contribution in [-0.2, 0) is 0 Å². The van der Waals surface area contributed by atoms with Crippen LogP contribution in [0.4, 0.5) is 0 Å². The second kappa shape index (κ2) is 80.1. The molecule has 0 heteroatoms. The van der Waals surface area contributed by atoms with Crippen LogP contribution in [0.15, 0.2) is 54.2 Å². The van der Waals surface area contributed by atoms with Crippen LogP contribution in [0.3, 0.4) is 0 Å². The summed E-state index contributed by atoms with van der Waals surface area (Å²) in [5, 5.41) is 0. The Morgan fingerprint density at radius 1 is 0.200 bits per heavy atom. The fraction of sp³-hybridized carbons (Fsp3) is 0.889. The van der Waals surface area contributed by atoms with Crippen molar-refractivity contribution in [3.8, 4) is 0 Å². The van der Waals surface area contributed by atoms with Gasteiger partial charge in [0.05, 0.1) is 0 Å². The van der Waals surface area contributed by atoms with Crippen molar-refractivity contribution in [3.05, 3.63) is 60.3 Å².